The Balaban J connectivity index is 1.70. The van der Waals surface area contributed by atoms with E-state index >= 15 is 0 Å². The Labute approximate surface area is 156 Å². The molecule has 1 aromatic heterocycles. The summed E-state index contributed by atoms with van der Waals surface area (Å²) in [7, 11) is 1.52. The van der Waals surface area contributed by atoms with Crippen molar-refractivity contribution in [2.75, 3.05) is 13.7 Å². The third-order valence-corrected chi connectivity index (χ3v) is 4.32. The Kier molecular flexibility index (Phi) is 5.45. The van der Waals surface area contributed by atoms with E-state index in [1.807, 2.05) is 26.0 Å². The summed E-state index contributed by atoms with van der Waals surface area (Å²) in [6.07, 6.45) is 0. The zero-order chi connectivity index (χ0) is 19.4. The van der Waals surface area contributed by atoms with Crippen LogP contribution >= 0.6 is 0 Å². The van der Waals surface area contributed by atoms with Crippen molar-refractivity contribution >= 4 is 16.9 Å². The van der Waals surface area contributed by atoms with Gasteiger partial charge in [0, 0.05) is 17.0 Å². The summed E-state index contributed by atoms with van der Waals surface area (Å²) in [6, 6.07) is 12.2. The molecule has 3 rings (SSSR count). The fourth-order valence-electron chi connectivity index (χ4n) is 2.72. The van der Waals surface area contributed by atoms with Crippen molar-refractivity contribution in [2.24, 2.45) is 0 Å². The maximum atomic E-state index is 12.0. The molecule has 0 aliphatic rings. The molecule has 2 aromatic carbocycles. The number of benzene rings is 2. The lowest BCUT2D eigenvalue weighted by molar-refractivity contribution is -0.147. The van der Waals surface area contributed by atoms with E-state index in [-0.39, 0.29) is 13.2 Å². The van der Waals surface area contributed by atoms with Gasteiger partial charge in [-0.15, -0.1) is 0 Å². The summed E-state index contributed by atoms with van der Waals surface area (Å²) in [4.78, 5) is 23.9. The number of carbonyl (C=O) groups is 1. The highest BCUT2D eigenvalue weighted by Gasteiger charge is 2.12. The minimum absolute atomic E-state index is 0.0429. The van der Waals surface area contributed by atoms with Crippen LogP contribution in [0.25, 0.3) is 11.0 Å². The molecule has 0 amide bonds. The highest BCUT2D eigenvalue weighted by Crippen LogP contribution is 2.26. The summed E-state index contributed by atoms with van der Waals surface area (Å²) < 4.78 is 21.2. The molecule has 0 saturated heterocycles. The number of esters is 1. The Morgan fingerprint density at radius 1 is 1.07 bits per heavy atom. The number of rotatable bonds is 6. The number of methoxy groups -OCH3 is 1. The molecule has 0 unspecified atom stereocenters. The average molecular weight is 368 g/mol. The van der Waals surface area contributed by atoms with Gasteiger partial charge in [-0.3, -0.25) is 0 Å². The third-order valence-electron chi connectivity index (χ3n) is 4.32. The van der Waals surface area contributed by atoms with Gasteiger partial charge in [-0.2, -0.15) is 0 Å². The molecule has 0 saturated carbocycles. The molecule has 0 atom stereocenters. The predicted molar refractivity (Wildman–Crippen MR) is 100 cm³/mol. The fraction of sp³-hybridized carbons (Fsp3) is 0.238. The zero-order valence-corrected chi connectivity index (χ0v) is 15.4. The van der Waals surface area contributed by atoms with Crippen LogP contribution in [-0.4, -0.2) is 19.7 Å². The fourth-order valence-corrected chi connectivity index (χ4v) is 2.72. The van der Waals surface area contributed by atoms with Gasteiger partial charge >= 0.3 is 11.6 Å². The molecule has 6 heteroatoms. The van der Waals surface area contributed by atoms with Crippen molar-refractivity contribution < 1.29 is 23.4 Å². The van der Waals surface area contributed by atoms with Gasteiger partial charge in [-0.1, -0.05) is 24.3 Å². The van der Waals surface area contributed by atoms with Gasteiger partial charge in [0.1, 0.15) is 12.2 Å². The molecular formula is C21H20O6. The first-order valence-electron chi connectivity index (χ1n) is 8.44. The van der Waals surface area contributed by atoms with E-state index in [4.69, 9.17) is 18.6 Å². The lowest BCUT2D eigenvalue weighted by Crippen LogP contribution is -2.15. The first-order valence-corrected chi connectivity index (χ1v) is 8.44. The van der Waals surface area contributed by atoms with Crippen molar-refractivity contribution in [2.45, 2.75) is 20.5 Å². The van der Waals surface area contributed by atoms with E-state index in [0.29, 0.717) is 22.6 Å². The van der Waals surface area contributed by atoms with Crippen LogP contribution in [0.3, 0.4) is 0 Å². The van der Waals surface area contributed by atoms with Crippen LogP contribution in [0.4, 0.5) is 0 Å². The summed E-state index contributed by atoms with van der Waals surface area (Å²) in [5.41, 5.74) is 2.53. The summed E-state index contributed by atoms with van der Waals surface area (Å²) in [5.74, 6) is 0.433. The van der Waals surface area contributed by atoms with Gasteiger partial charge < -0.3 is 18.6 Å². The van der Waals surface area contributed by atoms with E-state index in [1.54, 1.807) is 24.3 Å². The Morgan fingerprint density at radius 3 is 2.56 bits per heavy atom. The highest BCUT2D eigenvalue weighted by molar-refractivity contribution is 5.84. The largest absolute Gasteiger partial charge is 0.493 e. The van der Waals surface area contributed by atoms with Crippen molar-refractivity contribution in [1.82, 2.24) is 0 Å². The molecule has 0 radical (unpaired) electrons. The number of fused-ring (bicyclic) bond motifs is 1. The first kappa shape index (κ1) is 18.5. The normalized spacial score (nSPS) is 10.6. The minimum atomic E-state index is -0.550. The molecule has 1 heterocycles. The summed E-state index contributed by atoms with van der Waals surface area (Å²) >= 11 is 0. The SMILES string of the molecule is COc1ccccc1OCC(=O)OCc1cc(=O)oc2c(C)c(C)ccc12. The van der Waals surface area contributed by atoms with Gasteiger partial charge in [-0.25, -0.2) is 9.59 Å². The van der Waals surface area contributed by atoms with Gasteiger partial charge in [-0.05, 0) is 37.1 Å². The average Bonchev–Trinajstić information content (AvgIpc) is 2.67. The molecule has 0 aliphatic heterocycles. The molecule has 3 aromatic rings. The number of ether oxygens (including phenoxy) is 3. The molecular weight excluding hydrogens is 348 g/mol. The molecule has 0 fully saturated rings. The van der Waals surface area contributed by atoms with Crippen LogP contribution in [0.2, 0.25) is 0 Å². The van der Waals surface area contributed by atoms with E-state index in [0.717, 1.165) is 16.5 Å². The molecule has 27 heavy (non-hydrogen) atoms. The predicted octanol–water partition coefficient (Wildman–Crippen LogP) is 3.54. The second-order valence-corrected chi connectivity index (χ2v) is 6.08. The minimum Gasteiger partial charge on any atom is -0.493 e. The van der Waals surface area contributed by atoms with E-state index in [9.17, 15) is 9.59 Å². The summed E-state index contributed by atoms with van der Waals surface area (Å²) in [5, 5.41) is 0.746. The van der Waals surface area contributed by atoms with Crippen LogP contribution in [-0.2, 0) is 16.1 Å². The Morgan fingerprint density at radius 2 is 1.81 bits per heavy atom. The second kappa shape index (κ2) is 7.95. The van der Waals surface area contributed by atoms with Gasteiger partial charge in [0.2, 0.25) is 0 Å². The number of para-hydroxylation sites is 2. The van der Waals surface area contributed by atoms with Crippen molar-refractivity contribution in [3.05, 3.63) is 69.6 Å². The molecule has 140 valence electrons. The van der Waals surface area contributed by atoms with Gasteiger partial charge in [0.15, 0.2) is 18.1 Å². The van der Waals surface area contributed by atoms with Crippen LogP contribution < -0.4 is 15.1 Å². The third kappa shape index (κ3) is 4.11. The maximum absolute atomic E-state index is 12.0. The van der Waals surface area contributed by atoms with E-state index in [1.165, 1.54) is 13.2 Å². The monoisotopic (exact) mass is 368 g/mol. The number of hydrogen-bond donors (Lipinski definition) is 0. The van der Waals surface area contributed by atoms with Crippen LogP contribution in [0.15, 0.2) is 51.7 Å². The first-order chi connectivity index (χ1) is 13.0. The number of hydrogen-bond acceptors (Lipinski definition) is 6. The second-order valence-electron chi connectivity index (χ2n) is 6.08. The molecule has 0 spiro atoms. The van der Waals surface area contributed by atoms with Crippen LogP contribution in [0.5, 0.6) is 11.5 Å². The van der Waals surface area contributed by atoms with Gasteiger partial charge in [0.25, 0.3) is 0 Å². The summed E-state index contributed by atoms with van der Waals surface area (Å²) in [6.45, 7) is 3.52. The van der Waals surface area contributed by atoms with Crippen molar-refractivity contribution in [1.29, 1.82) is 0 Å². The number of carbonyl (C=O) groups excluding carboxylic acids is 1. The number of aryl methyl sites for hydroxylation is 2. The van der Waals surface area contributed by atoms with E-state index in [2.05, 4.69) is 0 Å². The molecule has 0 aliphatic carbocycles. The van der Waals surface area contributed by atoms with Gasteiger partial charge in [0.05, 0.1) is 7.11 Å². The van der Waals surface area contributed by atoms with Crippen LogP contribution in [0.1, 0.15) is 16.7 Å². The quantitative estimate of drug-likeness (QED) is 0.489. The standard InChI is InChI=1S/C21H20O6/c1-13-8-9-16-15(10-19(22)27-21(16)14(13)2)11-26-20(23)12-25-18-7-5-4-6-17(18)24-3/h4-10H,11-12H2,1-3H3. The topological polar surface area (TPSA) is 75.0 Å². The van der Waals surface area contributed by atoms with E-state index < -0.39 is 11.6 Å². The smallest absolute Gasteiger partial charge is 0.344 e. The van der Waals surface area contributed by atoms with Crippen molar-refractivity contribution in [3.63, 3.8) is 0 Å². The Hall–Kier alpha value is -3.28. The van der Waals surface area contributed by atoms with Crippen LogP contribution in [0, 0.1) is 13.8 Å². The highest BCUT2D eigenvalue weighted by atomic mass is 16.6. The molecule has 0 bridgehead atoms. The Bertz CT molecular complexity index is 1030. The lowest BCUT2D eigenvalue weighted by Gasteiger charge is -2.11. The molecule has 6 nitrogen and oxygen atoms in total. The molecule has 0 N–H and O–H groups in total. The zero-order valence-electron chi connectivity index (χ0n) is 15.4. The van der Waals surface area contributed by atoms with Crippen molar-refractivity contribution in [3.8, 4) is 11.5 Å². The maximum Gasteiger partial charge on any atom is 0.344 e. The lowest BCUT2D eigenvalue weighted by atomic mass is 10.0.